The van der Waals surface area contributed by atoms with Crippen LogP contribution >= 0.6 is 0 Å². The maximum absolute atomic E-state index is 11.3. The Hall–Kier alpha value is -0.850. The summed E-state index contributed by atoms with van der Waals surface area (Å²) in [6.45, 7) is 9.35. The summed E-state index contributed by atoms with van der Waals surface area (Å²) in [5.74, 6) is 0. The molecule has 0 aliphatic carbocycles. The molecule has 1 fully saturated rings. The van der Waals surface area contributed by atoms with Gasteiger partial charge in [-0.2, -0.15) is 0 Å². The molecule has 0 unspecified atom stereocenters. The van der Waals surface area contributed by atoms with Crippen LogP contribution in [0.3, 0.4) is 0 Å². The SMILES string of the molecule is CC(C)(C)OC(=O)NC1COCOC1.CCN. The van der Waals surface area contributed by atoms with Gasteiger partial charge in [-0.05, 0) is 27.3 Å². The fraction of sp³-hybridized carbons (Fsp3) is 0.909. The quantitative estimate of drug-likeness (QED) is 0.718. The highest BCUT2D eigenvalue weighted by Gasteiger charge is 2.21. The van der Waals surface area contributed by atoms with Gasteiger partial charge in [0.1, 0.15) is 12.4 Å². The molecule has 1 heterocycles. The molecule has 0 bridgehead atoms. The van der Waals surface area contributed by atoms with Gasteiger partial charge in [0.05, 0.1) is 19.3 Å². The van der Waals surface area contributed by atoms with E-state index in [9.17, 15) is 4.79 Å². The lowest BCUT2D eigenvalue weighted by atomic mass is 10.2. The van der Waals surface area contributed by atoms with Gasteiger partial charge in [-0.1, -0.05) is 6.92 Å². The number of rotatable bonds is 1. The average Bonchev–Trinajstić information content (AvgIpc) is 2.17. The standard InChI is InChI=1S/C9H17NO4.C2H7N/c1-9(2,3)14-8(11)10-7-4-12-6-13-5-7;1-2-3/h7H,4-6H2,1-3H3,(H,10,11);2-3H2,1H3. The van der Waals surface area contributed by atoms with Crippen LogP contribution in [-0.2, 0) is 14.2 Å². The van der Waals surface area contributed by atoms with Gasteiger partial charge in [0.2, 0.25) is 0 Å². The minimum absolute atomic E-state index is 0.112. The van der Waals surface area contributed by atoms with Crippen LogP contribution in [0.2, 0.25) is 0 Å². The summed E-state index contributed by atoms with van der Waals surface area (Å²) in [6, 6.07) is -0.112. The van der Waals surface area contributed by atoms with Gasteiger partial charge in [-0.25, -0.2) is 4.79 Å². The number of carbonyl (C=O) groups excluding carboxylic acids is 1. The first kappa shape index (κ1) is 16.1. The van der Waals surface area contributed by atoms with Crippen LogP contribution in [0.1, 0.15) is 27.7 Å². The highest BCUT2D eigenvalue weighted by molar-refractivity contribution is 5.68. The molecule has 0 spiro atoms. The number of hydrogen-bond acceptors (Lipinski definition) is 5. The third-order valence-electron chi connectivity index (χ3n) is 1.53. The van der Waals surface area contributed by atoms with Crippen molar-refractivity contribution in [2.75, 3.05) is 26.6 Å². The maximum atomic E-state index is 11.3. The molecule has 1 aliphatic rings. The molecular weight excluding hydrogens is 224 g/mol. The second kappa shape index (κ2) is 8.27. The van der Waals surface area contributed by atoms with E-state index in [1.165, 1.54) is 0 Å². The molecule has 0 aromatic rings. The van der Waals surface area contributed by atoms with Crippen molar-refractivity contribution < 1.29 is 19.0 Å². The van der Waals surface area contributed by atoms with Crippen LogP contribution in [-0.4, -0.2) is 44.3 Å². The average molecular weight is 248 g/mol. The Balaban J connectivity index is 0.000000770. The monoisotopic (exact) mass is 248 g/mol. The third kappa shape index (κ3) is 10.0. The number of carbonyl (C=O) groups is 1. The molecule has 0 saturated carbocycles. The van der Waals surface area contributed by atoms with Crippen molar-refractivity contribution in [2.45, 2.75) is 39.3 Å². The van der Waals surface area contributed by atoms with Crippen LogP contribution in [0.15, 0.2) is 0 Å². The highest BCUT2D eigenvalue weighted by atomic mass is 16.7. The second-order valence-electron chi connectivity index (χ2n) is 4.61. The minimum atomic E-state index is -0.472. The van der Waals surface area contributed by atoms with Crippen molar-refractivity contribution in [1.29, 1.82) is 0 Å². The minimum Gasteiger partial charge on any atom is -0.444 e. The van der Waals surface area contributed by atoms with E-state index in [-0.39, 0.29) is 6.04 Å². The molecule has 0 radical (unpaired) electrons. The number of amides is 1. The van der Waals surface area contributed by atoms with Crippen molar-refractivity contribution >= 4 is 6.09 Å². The lowest BCUT2D eigenvalue weighted by molar-refractivity contribution is -0.112. The van der Waals surface area contributed by atoms with E-state index in [2.05, 4.69) is 5.32 Å². The van der Waals surface area contributed by atoms with E-state index >= 15 is 0 Å². The Morgan fingerprint density at radius 2 is 1.88 bits per heavy atom. The van der Waals surface area contributed by atoms with Gasteiger partial charge in [-0.3, -0.25) is 0 Å². The summed E-state index contributed by atoms with van der Waals surface area (Å²) in [5.41, 5.74) is 4.38. The molecule has 0 aromatic carbocycles. The van der Waals surface area contributed by atoms with Gasteiger partial charge >= 0.3 is 6.09 Å². The zero-order valence-corrected chi connectivity index (χ0v) is 11.1. The molecule has 1 rings (SSSR count). The number of nitrogens with one attached hydrogen (secondary N) is 1. The van der Waals surface area contributed by atoms with E-state index in [0.29, 0.717) is 20.0 Å². The summed E-state index contributed by atoms with van der Waals surface area (Å²) in [7, 11) is 0. The van der Waals surface area contributed by atoms with Crippen molar-refractivity contribution in [3.05, 3.63) is 0 Å². The highest BCUT2D eigenvalue weighted by Crippen LogP contribution is 2.07. The van der Waals surface area contributed by atoms with Crippen LogP contribution in [0, 0.1) is 0 Å². The lowest BCUT2D eigenvalue weighted by Gasteiger charge is -2.25. The van der Waals surface area contributed by atoms with E-state index in [1.807, 2.05) is 27.7 Å². The van der Waals surface area contributed by atoms with Crippen LogP contribution < -0.4 is 11.1 Å². The second-order valence-corrected chi connectivity index (χ2v) is 4.61. The molecule has 6 heteroatoms. The van der Waals surface area contributed by atoms with E-state index in [0.717, 1.165) is 6.54 Å². The zero-order valence-electron chi connectivity index (χ0n) is 11.1. The number of hydrogen-bond donors (Lipinski definition) is 2. The van der Waals surface area contributed by atoms with E-state index in [1.54, 1.807) is 0 Å². The molecule has 1 aliphatic heterocycles. The topological polar surface area (TPSA) is 82.8 Å². The first-order chi connectivity index (χ1) is 7.89. The summed E-state index contributed by atoms with van der Waals surface area (Å²) in [4.78, 5) is 11.3. The number of nitrogens with two attached hydrogens (primary N) is 1. The normalized spacial score (nSPS) is 16.8. The van der Waals surface area contributed by atoms with Crippen LogP contribution in [0.25, 0.3) is 0 Å². The summed E-state index contributed by atoms with van der Waals surface area (Å²) < 4.78 is 15.1. The number of ether oxygens (including phenoxy) is 3. The Bertz CT molecular complexity index is 210. The number of alkyl carbamates (subject to hydrolysis) is 1. The Kier molecular flexibility index (Phi) is 7.86. The van der Waals surface area contributed by atoms with Gasteiger partial charge < -0.3 is 25.3 Å². The molecular formula is C11H24N2O4. The van der Waals surface area contributed by atoms with Gasteiger partial charge in [-0.15, -0.1) is 0 Å². The predicted molar refractivity (Wildman–Crippen MR) is 64.7 cm³/mol. The first-order valence-electron chi connectivity index (χ1n) is 5.74. The van der Waals surface area contributed by atoms with Gasteiger partial charge in [0.25, 0.3) is 0 Å². The first-order valence-corrected chi connectivity index (χ1v) is 5.74. The molecule has 6 nitrogen and oxygen atoms in total. The zero-order chi connectivity index (χ0) is 13.3. The molecule has 17 heavy (non-hydrogen) atoms. The summed E-state index contributed by atoms with van der Waals surface area (Å²) >= 11 is 0. The molecule has 3 N–H and O–H groups in total. The Labute approximate surface area is 103 Å². The molecule has 102 valence electrons. The molecule has 1 saturated heterocycles. The van der Waals surface area contributed by atoms with Gasteiger partial charge in [0, 0.05) is 0 Å². The van der Waals surface area contributed by atoms with Crippen molar-refractivity contribution in [3.63, 3.8) is 0 Å². The van der Waals surface area contributed by atoms with Crippen molar-refractivity contribution in [2.24, 2.45) is 5.73 Å². The van der Waals surface area contributed by atoms with E-state index < -0.39 is 11.7 Å². The van der Waals surface area contributed by atoms with E-state index in [4.69, 9.17) is 19.9 Å². The largest absolute Gasteiger partial charge is 0.444 e. The Morgan fingerprint density at radius 3 is 2.29 bits per heavy atom. The summed E-state index contributed by atoms with van der Waals surface area (Å²) in [6.07, 6.45) is -0.434. The predicted octanol–water partition coefficient (Wildman–Crippen LogP) is 0.849. The molecule has 0 atom stereocenters. The van der Waals surface area contributed by atoms with Crippen LogP contribution in [0.4, 0.5) is 4.79 Å². The lowest BCUT2D eigenvalue weighted by Crippen LogP contribution is -2.46. The van der Waals surface area contributed by atoms with Crippen LogP contribution in [0.5, 0.6) is 0 Å². The fourth-order valence-electron chi connectivity index (χ4n) is 1.05. The fourth-order valence-corrected chi connectivity index (χ4v) is 1.05. The molecule has 0 aromatic heterocycles. The summed E-state index contributed by atoms with van der Waals surface area (Å²) in [5, 5.41) is 2.66. The smallest absolute Gasteiger partial charge is 0.408 e. The third-order valence-corrected chi connectivity index (χ3v) is 1.53. The van der Waals surface area contributed by atoms with Crippen molar-refractivity contribution in [1.82, 2.24) is 5.32 Å². The molecule has 1 amide bonds. The van der Waals surface area contributed by atoms with Gasteiger partial charge in [0.15, 0.2) is 0 Å². The maximum Gasteiger partial charge on any atom is 0.408 e. The van der Waals surface area contributed by atoms with Crippen molar-refractivity contribution in [3.8, 4) is 0 Å². The Morgan fingerprint density at radius 1 is 1.41 bits per heavy atom.